The minimum Gasteiger partial charge on any atom is -0.148 e. The van der Waals surface area contributed by atoms with Gasteiger partial charge in [0.2, 0.25) is 0 Å². The number of hydrogen-bond donors (Lipinski definition) is 0. The second-order valence-electron chi connectivity index (χ2n) is 3.33. The van der Waals surface area contributed by atoms with Gasteiger partial charge in [-0.05, 0) is 64.6 Å². The largest absolute Gasteiger partial charge is 0.148 e. The van der Waals surface area contributed by atoms with Gasteiger partial charge in [-0.15, -0.1) is 11.3 Å². The Bertz CT molecular complexity index is 438. The van der Waals surface area contributed by atoms with Gasteiger partial charge in [-0.2, -0.15) is 0 Å². The normalized spacial score (nSPS) is 10.5. The predicted octanol–water partition coefficient (Wildman–Crippen LogP) is 4.64. The van der Waals surface area contributed by atoms with E-state index in [1.165, 1.54) is 25.1 Å². The van der Waals surface area contributed by atoms with Crippen molar-refractivity contribution >= 4 is 33.9 Å². The van der Waals surface area contributed by atoms with Gasteiger partial charge in [0.1, 0.15) is 0 Å². The third-order valence-corrected chi connectivity index (χ3v) is 4.27. The molecule has 0 radical (unpaired) electrons. The molecule has 0 atom stereocenters. The van der Waals surface area contributed by atoms with Gasteiger partial charge in [-0.25, -0.2) is 0 Å². The number of hydrogen-bond acceptors (Lipinski definition) is 1. The van der Waals surface area contributed by atoms with Crippen LogP contribution in [-0.4, -0.2) is 0 Å². The molecule has 0 aliphatic rings. The number of halogens is 1. The standard InChI is InChI=1S/C12H11IS/c1-8-7-14-9(2)12(8)10-5-3-4-6-11(10)13/h3-7H,1-2H3. The summed E-state index contributed by atoms with van der Waals surface area (Å²) >= 11 is 4.23. The van der Waals surface area contributed by atoms with Gasteiger partial charge >= 0.3 is 0 Å². The first-order chi connectivity index (χ1) is 6.70. The Morgan fingerprint density at radius 2 is 1.86 bits per heavy atom. The van der Waals surface area contributed by atoms with E-state index in [0.29, 0.717) is 0 Å². The van der Waals surface area contributed by atoms with E-state index < -0.39 is 0 Å². The van der Waals surface area contributed by atoms with Gasteiger partial charge in [0.05, 0.1) is 0 Å². The zero-order valence-corrected chi connectivity index (χ0v) is 11.1. The van der Waals surface area contributed by atoms with Crippen molar-refractivity contribution in [1.82, 2.24) is 0 Å². The maximum absolute atomic E-state index is 2.40. The Labute approximate surface area is 102 Å². The van der Waals surface area contributed by atoms with Crippen LogP contribution in [0.25, 0.3) is 11.1 Å². The Balaban J connectivity index is 2.66. The van der Waals surface area contributed by atoms with Crippen LogP contribution in [-0.2, 0) is 0 Å². The van der Waals surface area contributed by atoms with Crippen LogP contribution in [0.4, 0.5) is 0 Å². The summed E-state index contributed by atoms with van der Waals surface area (Å²) in [6, 6.07) is 8.55. The van der Waals surface area contributed by atoms with Crippen molar-refractivity contribution in [3.8, 4) is 11.1 Å². The van der Waals surface area contributed by atoms with Crippen LogP contribution in [0, 0.1) is 17.4 Å². The molecule has 2 heteroatoms. The summed E-state index contributed by atoms with van der Waals surface area (Å²) in [4.78, 5) is 1.41. The van der Waals surface area contributed by atoms with Crippen LogP contribution in [0.2, 0.25) is 0 Å². The van der Waals surface area contributed by atoms with Crippen LogP contribution in [0.1, 0.15) is 10.4 Å². The monoisotopic (exact) mass is 314 g/mol. The maximum atomic E-state index is 2.40. The van der Waals surface area contributed by atoms with Crippen LogP contribution >= 0.6 is 33.9 Å². The molecule has 72 valence electrons. The molecule has 0 aliphatic carbocycles. The summed E-state index contributed by atoms with van der Waals surface area (Å²) in [6.07, 6.45) is 0. The molecular weight excluding hydrogens is 303 g/mol. The quantitative estimate of drug-likeness (QED) is 0.673. The van der Waals surface area contributed by atoms with Crippen LogP contribution in [0.15, 0.2) is 29.6 Å². The lowest BCUT2D eigenvalue weighted by atomic mass is 10.0. The summed E-state index contributed by atoms with van der Waals surface area (Å²) in [5, 5.41) is 2.23. The lowest BCUT2D eigenvalue weighted by molar-refractivity contribution is 1.47. The Kier molecular flexibility index (Phi) is 2.93. The summed E-state index contributed by atoms with van der Waals surface area (Å²) in [7, 11) is 0. The van der Waals surface area contributed by atoms with Crippen molar-refractivity contribution in [3.05, 3.63) is 43.7 Å². The van der Waals surface area contributed by atoms with E-state index in [1.54, 1.807) is 0 Å². The van der Waals surface area contributed by atoms with E-state index in [-0.39, 0.29) is 0 Å². The lowest BCUT2D eigenvalue weighted by Crippen LogP contribution is -1.84. The van der Waals surface area contributed by atoms with Gasteiger partial charge in [-0.1, -0.05) is 18.2 Å². The third kappa shape index (κ3) is 1.73. The zero-order valence-electron chi connectivity index (χ0n) is 8.17. The summed E-state index contributed by atoms with van der Waals surface area (Å²) in [5.74, 6) is 0. The fourth-order valence-electron chi connectivity index (χ4n) is 1.64. The Morgan fingerprint density at radius 1 is 1.14 bits per heavy atom. The molecule has 0 N–H and O–H groups in total. The predicted molar refractivity (Wildman–Crippen MR) is 71.9 cm³/mol. The first-order valence-electron chi connectivity index (χ1n) is 4.49. The Morgan fingerprint density at radius 3 is 2.43 bits per heavy atom. The number of rotatable bonds is 1. The molecule has 2 aromatic rings. The molecule has 0 saturated heterocycles. The number of aryl methyl sites for hydroxylation is 2. The lowest BCUT2D eigenvalue weighted by Gasteiger charge is -2.05. The van der Waals surface area contributed by atoms with Crippen molar-refractivity contribution in [2.45, 2.75) is 13.8 Å². The SMILES string of the molecule is Cc1csc(C)c1-c1ccccc1I. The smallest absolute Gasteiger partial charge is 0.0209 e. The highest BCUT2D eigenvalue weighted by Gasteiger charge is 2.09. The Hall–Kier alpha value is -0.350. The molecule has 0 fully saturated rings. The summed E-state index contributed by atoms with van der Waals surface area (Å²) < 4.78 is 1.33. The topological polar surface area (TPSA) is 0 Å². The average molecular weight is 314 g/mol. The summed E-state index contributed by atoms with van der Waals surface area (Å²) in [6.45, 7) is 4.37. The molecule has 0 spiro atoms. The van der Waals surface area contributed by atoms with E-state index in [9.17, 15) is 0 Å². The van der Waals surface area contributed by atoms with E-state index in [4.69, 9.17) is 0 Å². The highest BCUT2D eigenvalue weighted by atomic mass is 127. The van der Waals surface area contributed by atoms with Crippen LogP contribution in [0.3, 0.4) is 0 Å². The molecule has 14 heavy (non-hydrogen) atoms. The first kappa shape index (κ1) is 10.2. The highest BCUT2D eigenvalue weighted by Crippen LogP contribution is 2.34. The van der Waals surface area contributed by atoms with E-state index >= 15 is 0 Å². The maximum Gasteiger partial charge on any atom is 0.0209 e. The first-order valence-corrected chi connectivity index (χ1v) is 6.45. The molecule has 0 nitrogen and oxygen atoms in total. The van der Waals surface area contributed by atoms with Crippen molar-refractivity contribution in [2.24, 2.45) is 0 Å². The molecule has 2 rings (SSSR count). The minimum atomic E-state index is 1.33. The second-order valence-corrected chi connectivity index (χ2v) is 5.58. The van der Waals surface area contributed by atoms with Gasteiger partial charge in [0.25, 0.3) is 0 Å². The van der Waals surface area contributed by atoms with E-state index in [2.05, 4.69) is 66.1 Å². The van der Waals surface area contributed by atoms with Crippen molar-refractivity contribution in [3.63, 3.8) is 0 Å². The van der Waals surface area contributed by atoms with Crippen molar-refractivity contribution < 1.29 is 0 Å². The molecule has 1 aromatic heterocycles. The van der Waals surface area contributed by atoms with Crippen LogP contribution in [0.5, 0.6) is 0 Å². The minimum absolute atomic E-state index is 1.33. The molecule has 0 aliphatic heterocycles. The second kappa shape index (κ2) is 4.03. The summed E-state index contributed by atoms with van der Waals surface area (Å²) in [5.41, 5.74) is 4.17. The zero-order chi connectivity index (χ0) is 10.1. The van der Waals surface area contributed by atoms with Crippen LogP contribution < -0.4 is 0 Å². The van der Waals surface area contributed by atoms with Gasteiger partial charge in [0.15, 0.2) is 0 Å². The van der Waals surface area contributed by atoms with Gasteiger partial charge in [0, 0.05) is 8.45 Å². The molecule has 1 aromatic carbocycles. The van der Waals surface area contributed by atoms with Gasteiger partial charge in [-0.3, -0.25) is 0 Å². The van der Waals surface area contributed by atoms with Gasteiger partial charge < -0.3 is 0 Å². The highest BCUT2D eigenvalue weighted by molar-refractivity contribution is 14.1. The van der Waals surface area contributed by atoms with Crippen molar-refractivity contribution in [2.75, 3.05) is 0 Å². The molecule has 0 unspecified atom stereocenters. The van der Waals surface area contributed by atoms with E-state index in [1.807, 2.05) is 11.3 Å². The fraction of sp³-hybridized carbons (Fsp3) is 0.167. The number of thiophene rings is 1. The molecule has 0 bridgehead atoms. The molecule has 0 saturated carbocycles. The molecular formula is C12H11IS. The van der Waals surface area contributed by atoms with E-state index in [0.717, 1.165) is 0 Å². The number of benzene rings is 1. The molecule has 0 amide bonds. The fourth-order valence-corrected chi connectivity index (χ4v) is 3.16. The third-order valence-electron chi connectivity index (χ3n) is 2.30. The average Bonchev–Trinajstić information content (AvgIpc) is 2.48. The molecule has 1 heterocycles. The van der Waals surface area contributed by atoms with Crippen molar-refractivity contribution in [1.29, 1.82) is 0 Å².